The lowest BCUT2D eigenvalue weighted by Gasteiger charge is -2.77. The molecule has 1 aromatic heterocycles. The van der Waals surface area contributed by atoms with Crippen LogP contribution in [0.1, 0.15) is 93.2 Å². The second kappa shape index (κ2) is 12.5. The van der Waals surface area contributed by atoms with E-state index in [-0.39, 0.29) is 18.4 Å². The number of hydrogen-bond donors (Lipinski definition) is 3. The van der Waals surface area contributed by atoms with Crippen molar-refractivity contribution in [3.8, 4) is 0 Å². The number of carbonyl (C=O) groups excluding carboxylic acids is 6. The highest BCUT2D eigenvalue weighted by molar-refractivity contribution is 5.77. The fourth-order valence-corrected chi connectivity index (χ4v) is 13.2. The molecule has 7 rings (SSSR count). The van der Waals surface area contributed by atoms with E-state index in [1.807, 2.05) is 0 Å². The van der Waals surface area contributed by atoms with Crippen molar-refractivity contribution in [1.29, 1.82) is 0 Å². The van der Waals surface area contributed by atoms with Crippen molar-refractivity contribution in [3.05, 3.63) is 24.2 Å². The van der Waals surface area contributed by atoms with Gasteiger partial charge in [0.2, 0.25) is 5.60 Å². The number of aliphatic hydroxyl groups excluding tert-OH is 1. The van der Waals surface area contributed by atoms with Gasteiger partial charge < -0.3 is 57.6 Å². The molecule has 18 heteroatoms. The Bertz CT molecular complexity index is 1910. The monoisotopic (exact) mass is 806 g/mol. The Labute approximate surface area is 327 Å². The molecule has 1 spiro atoms. The van der Waals surface area contributed by atoms with Crippen LogP contribution in [0.5, 0.6) is 0 Å². The number of ether oxygens (including phenoxy) is 8. The number of fused-ring (bicyclic) bond motifs is 4. The molecule has 16 atom stereocenters. The van der Waals surface area contributed by atoms with Crippen molar-refractivity contribution in [2.24, 2.45) is 28.1 Å². The van der Waals surface area contributed by atoms with Gasteiger partial charge in [0.05, 0.1) is 25.1 Å². The first-order valence-electron chi connectivity index (χ1n) is 18.9. The molecule has 0 unspecified atom stereocenters. The zero-order valence-electron chi connectivity index (χ0n) is 33.4. The number of esters is 6. The lowest BCUT2D eigenvalue weighted by molar-refractivity contribution is -0.443. The summed E-state index contributed by atoms with van der Waals surface area (Å²) in [6.07, 6.45) is -8.92. The van der Waals surface area contributed by atoms with Crippen LogP contribution in [0, 0.1) is 28.1 Å². The molecule has 0 aromatic carbocycles. The first kappa shape index (κ1) is 41.1. The molecule has 0 amide bonds. The van der Waals surface area contributed by atoms with Crippen LogP contribution in [0.3, 0.4) is 0 Å². The number of rotatable bonds is 10. The predicted molar refractivity (Wildman–Crippen MR) is 185 cm³/mol. The first-order chi connectivity index (χ1) is 26.4. The first-order valence-corrected chi connectivity index (χ1v) is 18.9. The predicted octanol–water partition coefficient (Wildman–Crippen LogP) is 1.34. The summed E-state index contributed by atoms with van der Waals surface area (Å²) in [7, 11) is 1.02. The molecule has 3 N–H and O–H groups in total. The second-order valence-corrected chi connectivity index (χ2v) is 17.2. The largest absolute Gasteiger partial charge is 0.472 e. The zero-order valence-corrected chi connectivity index (χ0v) is 33.4. The maximum atomic E-state index is 14.4. The minimum Gasteiger partial charge on any atom is -0.472 e. The van der Waals surface area contributed by atoms with Crippen molar-refractivity contribution in [1.82, 2.24) is 0 Å². The molecule has 4 bridgehead atoms. The summed E-state index contributed by atoms with van der Waals surface area (Å²) < 4.78 is 55.2. The molecule has 0 radical (unpaired) electrons. The topological polar surface area (TPSA) is 250 Å². The van der Waals surface area contributed by atoms with E-state index >= 15 is 0 Å². The van der Waals surface area contributed by atoms with Crippen LogP contribution >= 0.6 is 0 Å². The van der Waals surface area contributed by atoms with E-state index in [9.17, 15) is 44.1 Å². The third-order valence-electron chi connectivity index (χ3n) is 14.6. The van der Waals surface area contributed by atoms with Crippen LogP contribution in [0.2, 0.25) is 0 Å². The molecule has 4 saturated carbocycles. The molecular weight excluding hydrogens is 756 g/mol. The van der Waals surface area contributed by atoms with Crippen molar-refractivity contribution in [2.75, 3.05) is 7.11 Å². The van der Waals surface area contributed by atoms with E-state index < -0.39 is 135 Å². The molecule has 314 valence electrons. The lowest BCUT2D eigenvalue weighted by atomic mass is 9.32. The van der Waals surface area contributed by atoms with Gasteiger partial charge in [0.15, 0.2) is 30.2 Å². The highest BCUT2D eigenvalue weighted by Gasteiger charge is 3.04. The number of furan rings is 1. The van der Waals surface area contributed by atoms with Gasteiger partial charge >= 0.3 is 35.8 Å². The molecule has 6 fully saturated rings. The maximum absolute atomic E-state index is 14.4. The number of hydrogen-bond acceptors (Lipinski definition) is 18. The Kier molecular flexibility index (Phi) is 8.98. The SMILES string of the molecule is CC[C@@]12C[C@@H]3[C@](C)([C@@H](OC(C)=O)c4ccoc4)[C@@H](OC(C)=O)[C@@H](OC(C)=O)[C@@]4(O)[C@]3(O1)[C@H](O2)[C@@]1(OC(C)=O)[C@@H](OC(C)=O)[C@@]2(C)C[C@@]1(O)[C@@]4(C)[C@H]2[C@@H](O)C(=O)OC. The van der Waals surface area contributed by atoms with E-state index in [0.29, 0.717) is 0 Å². The van der Waals surface area contributed by atoms with Gasteiger partial charge in [-0.1, -0.05) is 27.7 Å². The van der Waals surface area contributed by atoms with Crippen LogP contribution in [-0.4, -0.2) is 117 Å². The Morgan fingerprint density at radius 2 is 1.51 bits per heavy atom. The number of aliphatic hydroxyl groups is 3. The smallest absolute Gasteiger partial charge is 0.335 e. The van der Waals surface area contributed by atoms with Crippen LogP contribution in [-0.2, 0) is 66.7 Å². The lowest BCUT2D eigenvalue weighted by Crippen LogP contribution is -2.97. The normalized spacial score (nSPS) is 46.6. The molecule has 6 aliphatic rings. The van der Waals surface area contributed by atoms with Gasteiger partial charge in [0, 0.05) is 69.3 Å². The highest BCUT2D eigenvalue weighted by Crippen LogP contribution is 2.87. The van der Waals surface area contributed by atoms with Gasteiger partial charge in [-0.2, -0.15) is 0 Å². The van der Waals surface area contributed by atoms with Gasteiger partial charge in [-0.15, -0.1) is 0 Å². The van der Waals surface area contributed by atoms with Crippen LogP contribution in [0.25, 0.3) is 0 Å². The van der Waals surface area contributed by atoms with Gasteiger partial charge in [-0.05, 0) is 18.9 Å². The molecule has 4 aliphatic carbocycles. The summed E-state index contributed by atoms with van der Waals surface area (Å²) in [6, 6.07) is 1.51. The van der Waals surface area contributed by atoms with Crippen LogP contribution in [0.4, 0.5) is 0 Å². The Hall–Kier alpha value is -4.10. The third-order valence-corrected chi connectivity index (χ3v) is 14.6. The van der Waals surface area contributed by atoms with Gasteiger partial charge in [-0.3, -0.25) is 24.0 Å². The minimum absolute atomic E-state index is 0.0450. The van der Waals surface area contributed by atoms with E-state index in [2.05, 4.69) is 0 Å². The van der Waals surface area contributed by atoms with Crippen LogP contribution in [0.15, 0.2) is 23.0 Å². The Morgan fingerprint density at radius 1 is 0.895 bits per heavy atom. The zero-order chi connectivity index (χ0) is 42.3. The highest BCUT2D eigenvalue weighted by atomic mass is 16.8. The third kappa shape index (κ3) is 4.53. The summed E-state index contributed by atoms with van der Waals surface area (Å²) in [4.78, 5) is 80.1. The Balaban J connectivity index is 1.69. The van der Waals surface area contributed by atoms with Crippen molar-refractivity contribution in [2.45, 2.75) is 146 Å². The van der Waals surface area contributed by atoms with Gasteiger partial charge in [0.25, 0.3) is 0 Å². The average Bonchev–Trinajstić information content (AvgIpc) is 3.91. The maximum Gasteiger partial charge on any atom is 0.335 e. The fraction of sp³-hybridized carbons (Fsp3) is 0.744. The minimum atomic E-state index is -2.89. The van der Waals surface area contributed by atoms with Crippen molar-refractivity contribution in [3.63, 3.8) is 0 Å². The summed E-state index contributed by atoms with van der Waals surface area (Å²) in [6.45, 7) is 11.6. The fourth-order valence-electron chi connectivity index (χ4n) is 13.2. The van der Waals surface area contributed by atoms with Crippen molar-refractivity contribution < 1.29 is 86.4 Å². The molecular formula is C39H50O18. The van der Waals surface area contributed by atoms with Crippen molar-refractivity contribution >= 4 is 35.8 Å². The van der Waals surface area contributed by atoms with Gasteiger partial charge in [-0.25, -0.2) is 4.79 Å². The Morgan fingerprint density at radius 3 is 2.02 bits per heavy atom. The molecule has 3 heterocycles. The molecule has 57 heavy (non-hydrogen) atoms. The second-order valence-electron chi connectivity index (χ2n) is 17.2. The number of carbonyl (C=O) groups is 6. The van der Waals surface area contributed by atoms with E-state index in [1.165, 1.54) is 32.4 Å². The number of methoxy groups -OCH3 is 1. The van der Waals surface area contributed by atoms with Gasteiger partial charge in [0.1, 0.15) is 29.0 Å². The summed E-state index contributed by atoms with van der Waals surface area (Å²) >= 11 is 0. The standard InChI is InChI=1S/C39H50O18/c1-11-35-14-23-33(8,26(51-17(2)40)22-12-13-50-15-22)27(52-18(3)41)28(53-19(4)42)39(48)34(9)25(24(45)29(46)49-10)32(7)16-36(34,47)38(55-21(6)44,30(32)54-20(5)43)31(56-35)37(23,39)57-35/h12-13,15,23-28,30-31,45,47-48H,11,14,16H2,1-10H3/t23-,24-,25+,26+,27+,28-,30+,31+,32+,33-,34-,35+,36-,37-,38+,39+/m1/s1. The van der Waals surface area contributed by atoms with E-state index in [0.717, 1.165) is 41.7 Å². The summed E-state index contributed by atoms with van der Waals surface area (Å²) in [5.74, 6) is -10.4. The summed E-state index contributed by atoms with van der Waals surface area (Å²) in [5.41, 5.74) is -16.1. The molecule has 1 aromatic rings. The quantitative estimate of drug-likeness (QED) is 0.223. The molecule has 18 nitrogen and oxygen atoms in total. The van der Waals surface area contributed by atoms with E-state index in [4.69, 9.17) is 42.3 Å². The van der Waals surface area contributed by atoms with E-state index in [1.54, 1.807) is 13.8 Å². The molecule has 2 saturated heterocycles. The summed E-state index contributed by atoms with van der Waals surface area (Å²) in [5, 5.41) is 40.4. The van der Waals surface area contributed by atoms with Crippen LogP contribution < -0.4 is 0 Å². The molecule has 2 aliphatic heterocycles. The average molecular weight is 807 g/mol.